The molecule has 3 rings (SSSR count). The average molecular weight is 469 g/mol. The minimum atomic E-state index is -0.0234. The fourth-order valence-corrected chi connectivity index (χ4v) is 3.42. The van der Waals surface area contributed by atoms with Crippen molar-refractivity contribution in [1.82, 2.24) is 15.1 Å². The molecule has 0 radical (unpaired) electrons. The second-order valence-electron chi connectivity index (χ2n) is 7.23. The number of methoxy groups -OCH3 is 1. The van der Waals surface area contributed by atoms with E-state index >= 15 is 0 Å². The lowest BCUT2D eigenvalue weighted by Gasteiger charge is -2.20. The number of ether oxygens (including phenoxy) is 2. The summed E-state index contributed by atoms with van der Waals surface area (Å²) >= 11 is 6.20. The third-order valence-electron chi connectivity index (χ3n) is 4.83. The maximum absolute atomic E-state index is 12.8. The number of nitrogens with zero attached hydrogens (tertiary/aromatic N) is 4. The molecular formula is C24H25ClN4O4. The zero-order valence-electron chi connectivity index (χ0n) is 18.6. The van der Waals surface area contributed by atoms with Crippen LogP contribution in [-0.4, -0.2) is 41.3 Å². The molecular weight excluding hydrogens is 444 g/mol. The Kier molecular flexibility index (Phi) is 8.67. The van der Waals surface area contributed by atoms with Gasteiger partial charge in [-0.05, 0) is 37.1 Å². The van der Waals surface area contributed by atoms with Crippen molar-refractivity contribution in [2.24, 2.45) is 0 Å². The highest BCUT2D eigenvalue weighted by atomic mass is 35.5. The van der Waals surface area contributed by atoms with Crippen molar-refractivity contribution >= 4 is 17.5 Å². The summed E-state index contributed by atoms with van der Waals surface area (Å²) in [5.74, 6) is 1.67. The molecule has 2 aromatic carbocycles. The Hall–Kier alpha value is -3.57. The predicted octanol–water partition coefficient (Wildman–Crippen LogP) is 4.87. The van der Waals surface area contributed by atoms with E-state index in [1.165, 1.54) is 7.11 Å². The van der Waals surface area contributed by atoms with Gasteiger partial charge in [0.25, 0.3) is 0 Å². The van der Waals surface area contributed by atoms with E-state index in [0.29, 0.717) is 65.4 Å². The second kappa shape index (κ2) is 11.9. The Morgan fingerprint density at radius 3 is 2.76 bits per heavy atom. The van der Waals surface area contributed by atoms with Crippen molar-refractivity contribution in [3.05, 3.63) is 58.9 Å². The molecule has 1 aromatic heterocycles. The monoisotopic (exact) mass is 468 g/mol. The van der Waals surface area contributed by atoms with Crippen molar-refractivity contribution < 1.29 is 18.7 Å². The van der Waals surface area contributed by atoms with Crippen molar-refractivity contribution in [3.63, 3.8) is 0 Å². The SMILES string of the molecule is CCCN(Cc1nnc(-c2ccccc2Cl)o1)C(=O)CCCOc1ccc(C#N)cc1OC. The molecule has 0 aliphatic rings. The zero-order valence-corrected chi connectivity index (χ0v) is 19.3. The largest absolute Gasteiger partial charge is 0.493 e. The Morgan fingerprint density at radius 1 is 1.21 bits per heavy atom. The predicted molar refractivity (Wildman–Crippen MR) is 123 cm³/mol. The smallest absolute Gasteiger partial charge is 0.249 e. The van der Waals surface area contributed by atoms with Gasteiger partial charge in [-0.2, -0.15) is 5.26 Å². The van der Waals surface area contributed by atoms with Gasteiger partial charge in [0.1, 0.15) is 0 Å². The molecule has 1 heterocycles. The molecule has 0 aliphatic carbocycles. The third kappa shape index (κ3) is 6.46. The van der Waals surface area contributed by atoms with Crippen LogP contribution < -0.4 is 9.47 Å². The van der Waals surface area contributed by atoms with Crippen molar-refractivity contribution in [3.8, 4) is 29.0 Å². The quantitative estimate of drug-likeness (QED) is 0.370. The summed E-state index contributed by atoms with van der Waals surface area (Å²) in [6.07, 6.45) is 1.64. The first-order chi connectivity index (χ1) is 16.0. The van der Waals surface area contributed by atoms with Crippen LogP contribution in [0.25, 0.3) is 11.5 Å². The van der Waals surface area contributed by atoms with Gasteiger partial charge in [0.15, 0.2) is 11.5 Å². The number of rotatable bonds is 11. The van der Waals surface area contributed by atoms with E-state index in [1.807, 2.05) is 19.1 Å². The van der Waals surface area contributed by atoms with Crippen LogP contribution in [0.2, 0.25) is 5.02 Å². The number of carbonyl (C=O) groups is 1. The van der Waals surface area contributed by atoms with E-state index in [0.717, 1.165) is 6.42 Å². The van der Waals surface area contributed by atoms with E-state index in [4.69, 9.17) is 30.8 Å². The van der Waals surface area contributed by atoms with Crippen LogP contribution in [0.4, 0.5) is 0 Å². The fourth-order valence-electron chi connectivity index (χ4n) is 3.21. The third-order valence-corrected chi connectivity index (χ3v) is 5.16. The summed E-state index contributed by atoms with van der Waals surface area (Å²) in [5, 5.41) is 17.7. The van der Waals surface area contributed by atoms with E-state index < -0.39 is 0 Å². The first-order valence-corrected chi connectivity index (χ1v) is 11.0. The molecule has 8 nitrogen and oxygen atoms in total. The number of aromatic nitrogens is 2. The number of benzene rings is 2. The summed E-state index contributed by atoms with van der Waals surface area (Å²) in [7, 11) is 1.52. The van der Waals surface area contributed by atoms with Crippen LogP contribution in [0.3, 0.4) is 0 Å². The van der Waals surface area contributed by atoms with Gasteiger partial charge in [-0.3, -0.25) is 4.79 Å². The molecule has 1 amide bonds. The molecule has 3 aromatic rings. The van der Waals surface area contributed by atoms with Gasteiger partial charge >= 0.3 is 0 Å². The number of carbonyl (C=O) groups excluding carboxylic acids is 1. The second-order valence-corrected chi connectivity index (χ2v) is 7.63. The van der Waals surface area contributed by atoms with E-state index in [-0.39, 0.29) is 12.5 Å². The molecule has 172 valence electrons. The van der Waals surface area contributed by atoms with Crippen LogP contribution in [-0.2, 0) is 11.3 Å². The van der Waals surface area contributed by atoms with Gasteiger partial charge in [0, 0.05) is 19.0 Å². The summed E-state index contributed by atoms with van der Waals surface area (Å²) in [5.41, 5.74) is 1.14. The van der Waals surface area contributed by atoms with Gasteiger partial charge in [-0.15, -0.1) is 10.2 Å². The maximum atomic E-state index is 12.8. The van der Waals surface area contributed by atoms with Crippen molar-refractivity contribution in [2.45, 2.75) is 32.7 Å². The number of halogens is 1. The Morgan fingerprint density at radius 2 is 2.03 bits per heavy atom. The molecule has 0 bridgehead atoms. The molecule has 0 saturated carbocycles. The van der Waals surface area contributed by atoms with Crippen LogP contribution >= 0.6 is 11.6 Å². The van der Waals surface area contributed by atoms with Crippen molar-refractivity contribution in [2.75, 3.05) is 20.3 Å². The highest BCUT2D eigenvalue weighted by Crippen LogP contribution is 2.28. The molecule has 9 heteroatoms. The lowest BCUT2D eigenvalue weighted by molar-refractivity contribution is -0.132. The number of nitriles is 1. The number of hydrogen-bond donors (Lipinski definition) is 0. The highest BCUT2D eigenvalue weighted by Gasteiger charge is 2.18. The normalized spacial score (nSPS) is 10.5. The number of amides is 1. The summed E-state index contributed by atoms with van der Waals surface area (Å²) in [6.45, 7) is 3.15. The van der Waals surface area contributed by atoms with Gasteiger partial charge in [-0.25, -0.2) is 0 Å². The molecule has 0 N–H and O–H groups in total. The van der Waals surface area contributed by atoms with Gasteiger partial charge in [0.2, 0.25) is 17.7 Å². The topological polar surface area (TPSA) is 101 Å². The molecule has 0 fully saturated rings. The van der Waals surface area contributed by atoms with E-state index in [1.54, 1.807) is 35.2 Å². The van der Waals surface area contributed by atoms with E-state index in [2.05, 4.69) is 16.3 Å². The standard InChI is InChI=1S/C24H25ClN4O4/c1-3-12-29(16-22-27-28-24(33-22)18-7-4-5-8-19(18)25)23(30)9-6-13-32-20-11-10-17(15-26)14-21(20)31-2/h4-5,7-8,10-11,14H,3,6,9,12-13,16H2,1-2H3. The molecule has 0 atom stereocenters. The van der Waals surface area contributed by atoms with Crippen LogP contribution in [0, 0.1) is 11.3 Å². The van der Waals surface area contributed by atoms with Gasteiger partial charge < -0.3 is 18.8 Å². The van der Waals surface area contributed by atoms with Crippen LogP contribution in [0.15, 0.2) is 46.9 Å². The first kappa shape index (κ1) is 24.1. The van der Waals surface area contributed by atoms with Crippen molar-refractivity contribution in [1.29, 1.82) is 5.26 Å². The lowest BCUT2D eigenvalue weighted by atomic mass is 10.2. The van der Waals surface area contributed by atoms with Gasteiger partial charge in [-0.1, -0.05) is 30.7 Å². The minimum absolute atomic E-state index is 0.0234. The first-order valence-electron chi connectivity index (χ1n) is 10.6. The lowest BCUT2D eigenvalue weighted by Crippen LogP contribution is -2.31. The Balaban J connectivity index is 1.54. The van der Waals surface area contributed by atoms with E-state index in [9.17, 15) is 4.79 Å². The summed E-state index contributed by atoms with van der Waals surface area (Å²) in [4.78, 5) is 14.5. The molecule has 0 saturated heterocycles. The minimum Gasteiger partial charge on any atom is -0.493 e. The Bertz CT molecular complexity index is 1130. The van der Waals surface area contributed by atoms with Crippen LogP contribution in [0.1, 0.15) is 37.6 Å². The Labute approximate surface area is 197 Å². The fraction of sp³-hybridized carbons (Fsp3) is 0.333. The van der Waals surface area contributed by atoms with Crippen LogP contribution in [0.5, 0.6) is 11.5 Å². The highest BCUT2D eigenvalue weighted by molar-refractivity contribution is 6.33. The molecule has 0 aliphatic heterocycles. The zero-order chi connectivity index (χ0) is 23.6. The number of hydrogen-bond acceptors (Lipinski definition) is 7. The average Bonchev–Trinajstić information content (AvgIpc) is 3.30. The maximum Gasteiger partial charge on any atom is 0.249 e. The summed E-state index contributed by atoms with van der Waals surface area (Å²) in [6, 6.07) is 14.2. The van der Waals surface area contributed by atoms with Gasteiger partial charge in [0.05, 0.1) is 42.5 Å². The summed E-state index contributed by atoms with van der Waals surface area (Å²) < 4.78 is 16.7. The molecule has 0 unspecified atom stereocenters. The molecule has 33 heavy (non-hydrogen) atoms. The molecule has 0 spiro atoms.